The van der Waals surface area contributed by atoms with Gasteiger partial charge < -0.3 is 9.69 Å². The molecule has 0 aliphatic rings. The topological polar surface area (TPSA) is 141 Å². The Balaban J connectivity index is 0.000000677. The van der Waals surface area contributed by atoms with Crippen molar-refractivity contribution in [1.82, 2.24) is 9.80 Å². The van der Waals surface area contributed by atoms with Crippen LogP contribution in [0.5, 0.6) is 0 Å². The van der Waals surface area contributed by atoms with Gasteiger partial charge in [-0.3, -0.25) is 9.69 Å². The van der Waals surface area contributed by atoms with Crippen molar-refractivity contribution in [3.8, 4) is 12.1 Å². The van der Waals surface area contributed by atoms with Gasteiger partial charge >= 0.3 is 6.03 Å². The fraction of sp³-hybridized carbons (Fsp3) is 0.522. The summed E-state index contributed by atoms with van der Waals surface area (Å²) in [5.41, 5.74) is 7.62. The smallest absolute Gasteiger partial charge is 0.325 e. The molecule has 0 aliphatic carbocycles. The summed E-state index contributed by atoms with van der Waals surface area (Å²) in [5, 5.41) is 20.2. The van der Waals surface area contributed by atoms with Crippen LogP contribution in [0.4, 0.5) is 10.5 Å². The highest BCUT2D eigenvalue weighted by molar-refractivity contribution is 6.01. The number of benzene rings is 1. The van der Waals surface area contributed by atoms with Gasteiger partial charge in [-0.25, -0.2) is 10.3 Å². The molecular weight excluding hydrogens is 408 g/mol. The van der Waals surface area contributed by atoms with E-state index in [0.29, 0.717) is 37.2 Å². The number of carbonyl (C=O) groups is 3. The van der Waals surface area contributed by atoms with Crippen LogP contribution in [-0.4, -0.2) is 47.7 Å². The third-order valence-electron chi connectivity index (χ3n) is 4.63. The highest BCUT2D eigenvalue weighted by Crippen LogP contribution is 2.16. The molecule has 0 aliphatic heterocycles. The van der Waals surface area contributed by atoms with Crippen LogP contribution in [0.1, 0.15) is 64.5 Å². The van der Waals surface area contributed by atoms with Crippen LogP contribution in [-0.2, 0) is 9.59 Å². The molecule has 1 unspecified atom stereocenters. The maximum absolute atomic E-state index is 12.5. The monoisotopic (exact) mass is 440 g/mol. The molecule has 1 aromatic rings. The number of urea groups is 1. The van der Waals surface area contributed by atoms with Crippen LogP contribution in [0.25, 0.3) is 0 Å². The average molecular weight is 441 g/mol. The minimum Gasteiger partial charge on any atom is -0.325 e. The number of nitrogens with one attached hydrogen (secondary N) is 1. The Morgan fingerprint density at radius 1 is 1.09 bits per heavy atom. The van der Waals surface area contributed by atoms with E-state index in [-0.39, 0.29) is 11.6 Å². The largest absolute Gasteiger partial charge is 0.326 e. The molecule has 0 fully saturated rings. The summed E-state index contributed by atoms with van der Waals surface area (Å²) in [4.78, 5) is 38.3. The van der Waals surface area contributed by atoms with Gasteiger partial charge in [-0.2, -0.15) is 15.6 Å². The molecule has 0 bridgehead atoms. The zero-order valence-electron chi connectivity index (χ0n) is 19.3. The summed E-state index contributed by atoms with van der Waals surface area (Å²) in [7, 11) is 0. The van der Waals surface area contributed by atoms with Crippen molar-refractivity contribution >= 4 is 23.9 Å². The van der Waals surface area contributed by atoms with Crippen molar-refractivity contribution < 1.29 is 14.4 Å². The van der Waals surface area contributed by atoms with Crippen molar-refractivity contribution in [3.05, 3.63) is 29.3 Å². The Morgan fingerprint density at radius 2 is 1.69 bits per heavy atom. The van der Waals surface area contributed by atoms with E-state index in [0.717, 1.165) is 25.7 Å². The first kappa shape index (κ1) is 28.4. The van der Waals surface area contributed by atoms with E-state index in [4.69, 9.17) is 16.1 Å². The highest BCUT2D eigenvalue weighted by Gasteiger charge is 2.28. The van der Waals surface area contributed by atoms with Crippen LogP contribution in [0.2, 0.25) is 0 Å². The molecule has 9 nitrogen and oxygen atoms in total. The lowest BCUT2D eigenvalue weighted by molar-refractivity contribution is -0.135. The second kappa shape index (κ2) is 16.1. The Hall–Kier alpha value is -3.59. The van der Waals surface area contributed by atoms with E-state index in [1.165, 1.54) is 30.0 Å². The number of aldehydes is 1. The molecule has 9 heteroatoms. The Morgan fingerprint density at radius 3 is 2.16 bits per heavy atom. The van der Waals surface area contributed by atoms with E-state index < -0.39 is 11.8 Å². The zero-order valence-corrected chi connectivity index (χ0v) is 19.3. The maximum Gasteiger partial charge on any atom is 0.326 e. The van der Waals surface area contributed by atoms with Crippen molar-refractivity contribution in [2.75, 3.05) is 19.6 Å². The van der Waals surface area contributed by atoms with Gasteiger partial charge in [-0.15, -0.1) is 0 Å². The molecule has 1 rings (SSSR count). The Kier molecular flexibility index (Phi) is 14.3. The molecule has 0 heterocycles. The lowest BCUT2D eigenvalue weighted by Crippen LogP contribution is -2.48. The molecular formula is C23H32N6O3. The maximum atomic E-state index is 12.5. The van der Waals surface area contributed by atoms with Gasteiger partial charge in [0, 0.05) is 19.6 Å². The minimum absolute atomic E-state index is 0.256. The van der Waals surface area contributed by atoms with Crippen LogP contribution >= 0.6 is 0 Å². The van der Waals surface area contributed by atoms with E-state index >= 15 is 0 Å². The average Bonchev–Trinajstić information content (AvgIpc) is 2.83. The quantitative estimate of drug-likeness (QED) is 0.316. The summed E-state index contributed by atoms with van der Waals surface area (Å²) >= 11 is 0. The third kappa shape index (κ3) is 9.05. The lowest BCUT2D eigenvalue weighted by Gasteiger charge is -2.29. The van der Waals surface area contributed by atoms with E-state index in [1.807, 2.05) is 26.0 Å². The van der Waals surface area contributed by atoms with Gasteiger partial charge in [0.05, 0.1) is 22.7 Å². The predicted octanol–water partition coefficient (Wildman–Crippen LogP) is 4.78. The molecule has 32 heavy (non-hydrogen) atoms. The predicted molar refractivity (Wildman–Crippen MR) is 120 cm³/mol. The number of imide groups is 1. The Bertz CT molecular complexity index is 856. The third-order valence-corrected chi connectivity index (χ3v) is 4.63. The number of carbonyl (C=O) groups excluding carboxylic acids is 3. The first-order chi connectivity index (χ1) is 15.3. The molecule has 0 saturated carbocycles. The van der Waals surface area contributed by atoms with Gasteiger partial charge in [-0.05, 0) is 44.9 Å². The van der Waals surface area contributed by atoms with Crippen molar-refractivity contribution in [2.24, 2.45) is 11.0 Å². The van der Waals surface area contributed by atoms with E-state index in [9.17, 15) is 14.4 Å². The summed E-state index contributed by atoms with van der Waals surface area (Å²) in [6.45, 7) is 9.11. The van der Waals surface area contributed by atoms with Crippen LogP contribution < -0.4 is 0 Å². The molecule has 0 radical (unpaired) electrons. The molecule has 172 valence electrons. The number of rotatable bonds is 10. The number of hydrogen-bond donors (Lipinski definition) is 1. The Labute approximate surface area is 190 Å². The normalized spacial score (nSPS) is 10.4. The molecule has 0 saturated heterocycles. The number of hydrogen-bond acceptors (Lipinski definition) is 7. The summed E-state index contributed by atoms with van der Waals surface area (Å²) in [6, 6.07) is 7.86. The van der Waals surface area contributed by atoms with Gasteiger partial charge in [0.15, 0.2) is 0 Å². The van der Waals surface area contributed by atoms with Gasteiger partial charge in [0.25, 0.3) is 0 Å². The van der Waals surface area contributed by atoms with Crippen molar-refractivity contribution in [3.63, 3.8) is 0 Å². The van der Waals surface area contributed by atoms with E-state index in [2.05, 4.69) is 12.0 Å². The number of nitriles is 2. The van der Waals surface area contributed by atoms with Gasteiger partial charge in [0.1, 0.15) is 18.4 Å². The lowest BCUT2D eigenvalue weighted by atomic mass is 10.1. The van der Waals surface area contributed by atoms with Crippen molar-refractivity contribution in [1.29, 1.82) is 16.1 Å². The summed E-state index contributed by atoms with van der Waals surface area (Å²) < 4.78 is 0. The number of amides is 3. The molecule has 0 aromatic heterocycles. The first-order valence-electron chi connectivity index (χ1n) is 10.7. The summed E-state index contributed by atoms with van der Waals surface area (Å²) in [5.74, 6) is -1.16. The van der Waals surface area contributed by atoms with Crippen LogP contribution in [0, 0.1) is 34.1 Å². The number of unbranched alkanes of at least 4 members (excludes halogenated alkanes) is 2. The zero-order chi connectivity index (χ0) is 24.5. The van der Waals surface area contributed by atoms with Crippen LogP contribution in [0.3, 0.4) is 0 Å². The summed E-state index contributed by atoms with van der Waals surface area (Å²) in [6.07, 6.45) is 4.16. The van der Waals surface area contributed by atoms with E-state index in [1.54, 1.807) is 4.90 Å². The molecule has 0 spiro atoms. The standard InChI is InChI=1S/C15H28N2O3.C8H4N4/c1-5-8-10-16(7-3)15(20)17(11-9-6-2)14(19)13(4)12-18;9-4-6-1-2-8(12-11)3-7(6)5-10/h12-13H,5-11H2,1-4H3;1-3,11H. The van der Waals surface area contributed by atoms with Crippen LogP contribution in [0.15, 0.2) is 23.3 Å². The van der Waals surface area contributed by atoms with Crippen molar-refractivity contribution in [2.45, 2.75) is 53.4 Å². The fourth-order valence-electron chi connectivity index (χ4n) is 2.62. The highest BCUT2D eigenvalue weighted by atomic mass is 16.2. The fourth-order valence-corrected chi connectivity index (χ4v) is 2.62. The first-order valence-corrected chi connectivity index (χ1v) is 10.7. The van der Waals surface area contributed by atoms with Gasteiger partial charge in [-0.1, -0.05) is 26.7 Å². The second-order valence-electron chi connectivity index (χ2n) is 7.05. The molecule has 1 aromatic carbocycles. The molecule has 3 amide bonds. The molecule has 1 atom stereocenters. The SMILES string of the molecule is CCCCN(CC)C(=O)N(CCCC)C(=O)C(C)C=O.N#Cc1ccc(N=N)cc1C#N. The van der Waals surface area contributed by atoms with Gasteiger partial charge in [0.2, 0.25) is 5.91 Å². The second-order valence-corrected chi connectivity index (χ2v) is 7.05. The minimum atomic E-state index is -0.763. The molecule has 1 N–H and O–H groups in total. The number of nitrogens with zero attached hydrogens (tertiary/aromatic N) is 5.